The van der Waals surface area contributed by atoms with Crippen molar-refractivity contribution in [1.82, 2.24) is 9.97 Å². The summed E-state index contributed by atoms with van der Waals surface area (Å²) in [5.41, 5.74) is 6.34. The van der Waals surface area contributed by atoms with Crippen LogP contribution in [-0.2, 0) is 0 Å². The van der Waals surface area contributed by atoms with Gasteiger partial charge in [0.25, 0.3) is 5.56 Å². The third kappa shape index (κ3) is 9.68. The Morgan fingerprint density at radius 3 is 1.58 bits per heavy atom. The molecule has 274 valence electrons. The molecule has 0 aliphatic carbocycles. The van der Waals surface area contributed by atoms with Crippen molar-refractivity contribution in [2.75, 3.05) is 6.26 Å². The van der Waals surface area contributed by atoms with E-state index in [1.165, 1.54) is 23.1 Å². The van der Waals surface area contributed by atoms with Gasteiger partial charge >= 0.3 is 0 Å². The highest BCUT2D eigenvalue weighted by atomic mass is 35.5. The SMILES string of the molecule is C.CSC(=S)Oc1sc(-c2ccc(Cl)cc2)nc(=O)c1-c1c(C)ccc(Cl)c1C.Cc1ccc(Cl)c(C)c1-c1c(O)nc(-c2ccc(Cl)cc2)sc1=O. The van der Waals surface area contributed by atoms with Gasteiger partial charge < -0.3 is 9.84 Å². The molecule has 53 heavy (non-hydrogen) atoms. The summed E-state index contributed by atoms with van der Waals surface area (Å²) in [4.78, 5) is 34.3. The molecule has 0 fully saturated rings. The zero-order chi connectivity index (χ0) is 37.9. The van der Waals surface area contributed by atoms with Crippen LogP contribution in [0.25, 0.3) is 43.4 Å². The second-order valence-electron chi connectivity index (χ2n) is 11.3. The van der Waals surface area contributed by atoms with Gasteiger partial charge in [0.1, 0.15) is 21.1 Å². The molecular formula is C39H32Cl4N2O4S4. The summed E-state index contributed by atoms with van der Waals surface area (Å²) in [5.74, 6) is -0.294. The highest BCUT2D eigenvalue weighted by molar-refractivity contribution is 8.22. The van der Waals surface area contributed by atoms with Crippen LogP contribution in [0, 0.1) is 27.7 Å². The molecule has 0 saturated heterocycles. The molecule has 14 heteroatoms. The van der Waals surface area contributed by atoms with E-state index in [0.29, 0.717) is 50.7 Å². The molecule has 6 rings (SSSR count). The van der Waals surface area contributed by atoms with Gasteiger partial charge in [-0.05, 0) is 116 Å². The minimum atomic E-state index is -0.393. The number of benzene rings is 4. The van der Waals surface area contributed by atoms with Crippen molar-refractivity contribution in [3.05, 3.63) is 135 Å². The average molecular weight is 863 g/mol. The summed E-state index contributed by atoms with van der Waals surface area (Å²) in [6.45, 7) is 7.49. The Bertz CT molecular complexity index is 2430. The molecule has 0 amide bonds. The van der Waals surface area contributed by atoms with Crippen LogP contribution in [-0.4, -0.2) is 25.7 Å². The predicted octanol–water partition coefficient (Wildman–Crippen LogP) is 12.9. The Hall–Kier alpha value is -3.32. The molecule has 0 aliphatic rings. The lowest BCUT2D eigenvalue weighted by molar-refractivity contribution is 0.457. The molecule has 0 atom stereocenters. The van der Waals surface area contributed by atoms with Gasteiger partial charge in [0.05, 0.1) is 0 Å². The first-order valence-corrected chi connectivity index (χ1v) is 20.1. The molecule has 0 aliphatic heterocycles. The second-order valence-corrected chi connectivity index (χ2v) is 16.3. The van der Waals surface area contributed by atoms with Gasteiger partial charge in [-0.25, -0.2) is 4.98 Å². The molecule has 0 radical (unpaired) electrons. The third-order valence-electron chi connectivity index (χ3n) is 7.87. The first-order valence-electron chi connectivity index (χ1n) is 15.3. The molecule has 0 saturated carbocycles. The monoisotopic (exact) mass is 860 g/mol. The second kappa shape index (κ2) is 18.3. The van der Waals surface area contributed by atoms with Crippen LogP contribution in [0.4, 0.5) is 0 Å². The van der Waals surface area contributed by atoms with Gasteiger partial charge in [0, 0.05) is 31.2 Å². The molecule has 0 bridgehead atoms. The molecule has 6 nitrogen and oxygen atoms in total. The topological polar surface area (TPSA) is 89.4 Å². The van der Waals surface area contributed by atoms with Gasteiger partial charge in [0.15, 0.2) is 5.06 Å². The first-order chi connectivity index (χ1) is 24.7. The zero-order valence-corrected chi connectivity index (χ0v) is 34.4. The van der Waals surface area contributed by atoms with Gasteiger partial charge in [-0.1, -0.05) is 125 Å². The Kier molecular flexibility index (Phi) is 14.7. The van der Waals surface area contributed by atoms with Gasteiger partial charge in [0.2, 0.25) is 15.0 Å². The lowest BCUT2D eigenvalue weighted by Crippen LogP contribution is -2.14. The number of thiocarbonyl (C=S) groups is 1. The summed E-state index contributed by atoms with van der Waals surface area (Å²) in [5, 5.41) is 14.1. The fourth-order valence-electron chi connectivity index (χ4n) is 5.26. The van der Waals surface area contributed by atoms with E-state index in [1.54, 1.807) is 42.5 Å². The summed E-state index contributed by atoms with van der Waals surface area (Å²) in [7, 11) is 0. The number of hydrogen-bond acceptors (Lipinski definition) is 10. The summed E-state index contributed by atoms with van der Waals surface area (Å²) in [6, 6.07) is 21.4. The maximum absolute atomic E-state index is 13.1. The summed E-state index contributed by atoms with van der Waals surface area (Å²) in [6.07, 6.45) is 1.82. The lowest BCUT2D eigenvalue weighted by Gasteiger charge is -2.15. The zero-order valence-electron chi connectivity index (χ0n) is 28.1. The summed E-state index contributed by atoms with van der Waals surface area (Å²) < 4.78 is 5.93. The van der Waals surface area contributed by atoms with Crippen molar-refractivity contribution in [1.29, 1.82) is 0 Å². The Morgan fingerprint density at radius 2 is 1.13 bits per heavy atom. The van der Waals surface area contributed by atoms with Crippen LogP contribution in [0.15, 0.2) is 82.4 Å². The maximum Gasteiger partial charge on any atom is 0.283 e. The highest BCUT2D eigenvalue weighted by Crippen LogP contribution is 2.41. The molecule has 6 aromatic rings. The van der Waals surface area contributed by atoms with Crippen LogP contribution in [0.2, 0.25) is 20.1 Å². The molecule has 0 unspecified atom stereocenters. The molecule has 0 spiro atoms. The third-order valence-corrected chi connectivity index (χ3v) is 12.1. The minimum absolute atomic E-state index is 0. The van der Waals surface area contributed by atoms with Gasteiger partial charge in [-0.2, -0.15) is 4.98 Å². The minimum Gasteiger partial charge on any atom is -0.493 e. The first kappa shape index (κ1) is 42.4. The number of ether oxygens (including phenoxy) is 1. The van der Waals surface area contributed by atoms with E-state index >= 15 is 0 Å². The van der Waals surface area contributed by atoms with Crippen molar-refractivity contribution in [3.63, 3.8) is 0 Å². The van der Waals surface area contributed by atoms with Crippen LogP contribution in [0.1, 0.15) is 29.7 Å². The fraction of sp³-hybridized carbons (Fsp3) is 0.154. The van der Waals surface area contributed by atoms with E-state index in [9.17, 15) is 14.7 Å². The van der Waals surface area contributed by atoms with E-state index in [-0.39, 0.29) is 23.6 Å². The quantitative estimate of drug-likeness (QED) is 0.171. The van der Waals surface area contributed by atoms with Crippen molar-refractivity contribution in [3.8, 4) is 54.3 Å². The number of aromatic nitrogens is 2. The highest BCUT2D eigenvalue weighted by Gasteiger charge is 2.22. The number of hydrogen-bond donors (Lipinski definition) is 1. The molecule has 2 heterocycles. The largest absolute Gasteiger partial charge is 0.493 e. The van der Waals surface area contributed by atoms with E-state index in [4.69, 9.17) is 63.4 Å². The van der Waals surface area contributed by atoms with Crippen molar-refractivity contribution >= 4 is 97.4 Å². The van der Waals surface area contributed by atoms with E-state index in [2.05, 4.69) is 9.97 Å². The van der Waals surface area contributed by atoms with Gasteiger partial charge in [-0.15, -0.1) is 0 Å². The average Bonchev–Trinajstić information content (AvgIpc) is 3.11. The van der Waals surface area contributed by atoms with Crippen LogP contribution >= 0.6 is 93.1 Å². The smallest absolute Gasteiger partial charge is 0.283 e. The Morgan fingerprint density at radius 1 is 0.679 bits per heavy atom. The summed E-state index contributed by atoms with van der Waals surface area (Å²) >= 11 is 33.1. The number of nitrogens with zero attached hydrogens (tertiary/aromatic N) is 2. The van der Waals surface area contributed by atoms with E-state index in [1.807, 2.05) is 64.3 Å². The lowest BCUT2D eigenvalue weighted by atomic mass is 9.98. The van der Waals surface area contributed by atoms with Crippen molar-refractivity contribution in [2.24, 2.45) is 0 Å². The standard InChI is InChI=1S/C20H15Cl2NO2S3.C18H13Cl2NO2S.CH4/c1-10-4-9-14(22)11(2)15(10)16-17(24)23-18(12-5-7-13(21)8-6-12)28-19(16)25-20(26)27-3;1-9-3-8-13(20)10(2)14(9)15-16(22)21-17(24-18(15)23)11-4-6-12(19)7-5-11;/h4-9H,1-3H3;3-8,22H,1-2H3;1H4. The fourth-order valence-corrected chi connectivity index (χ4v) is 8.01. The maximum atomic E-state index is 13.1. The number of thioether (sulfide) groups is 1. The number of aromatic hydroxyl groups is 1. The van der Waals surface area contributed by atoms with Crippen LogP contribution < -0.4 is 15.0 Å². The number of rotatable bonds is 5. The number of halogens is 4. The Labute approximate surface area is 345 Å². The normalized spacial score (nSPS) is 10.6. The van der Waals surface area contributed by atoms with Crippen molar-refractivity contribution in [2.45, 2.75) is 35.1 Å². The van der Waals surface area contributed by atoms with Crippen LogP contribution in [0.3, 0.4) is 0 Å². The molecular weight excluding hydrogens is 831 g/mol. The van der Waals surface area contributed by atoms with Crippen molar-refractivity contribution < 1.29 is 9.84 Å². The number of aryl methyl sites for hydroxylation is 2. The van der Waals surface area contributed by atoms with Gasteiger partial charge in [-0.3, -0.25) is 9.59 Å². The molecule has 4 aromatic carbocycles. The molecule has 1 N–H and O–H groups in total. The molecule has 2 aromatic heterocycles. The van der Waals surface area contributed by atoms with E-state index in [0.717, 1.165) is 50.3 Å². The van der Waals surface area contributed by atoms with Crippen LogP contribution in [0.5, 0.6) is 10.9 Å². The predicted molar refractivity (Wildman–Crippen MR) is 233 cm³/mol. The van der Waals surface area contributed by atoms with E-state index < -0.39 is 5.56 Å². The Balaban J connectivity index is 0.000000235.